The maximum atomic E-state index is 14.2. The summed E-state index contributed by atoms with van der Waals surface area (Å²) in [5, 5.41) is 4.90. The fraction of sp³-hybridized carbons (Fsp3) is 0.438. The second-order valence-corrected chi connectivity index (χ2v) is 11.2. The number of nitrogens with zero attached hydrogens (tertiary/aromatic N) is 3. The van der Waals surface area contributed by atoms with Gasteiger partial charge >= 0.3 is 0 Å². The molecular formula is C32H36N4O3. The van der Waals surface area contributed by atoms with Crippen LogP contribution in [0.4, 0.5) is 0 Å². The van der Waals surface area contributed by atoms with Gasteiger partial charge in [0.25, 0.3) is 5.91 Å². The number of nitrogens with one attached hydrogen (secondary N) is 1. The Morgan fingerprint density at radius 1 is 0.872 bits per heavy atom. The predicted molar refractivity (Wildman–Crippen MR) is 150 cm³/mol. The van der Waals surface area contributed by atoms with Crippen LogP contribution < -0.4 is 5.32 Å². The highest BCUT2D eigenvalue weighted by Gasteiger charge is 2.47. The van der Waals surface area contributed by atoms with Gasteiger partial charge in [-0.1, -0.05) is 61.4 Å². The molecule has 0 unspecified atom stereocenters. The minimum Gasteiger partial charge on any atom is -0.356 e. The van der Waals surface area contributed by atoms with Crippen LogP contribution in [0.3, 0.4) is 0 Å². The third-order valence-corrected chi connectivity index (χ3v) is 8.82. The lowest BCUT2D eigenvalue weighted by Crippen LogP contribution is -2.47. The molecule has 3 amide bonds. The largest absolute Gasteiger partial charge is 0.356 e. The Labute approximate surface area is 229 Å². The molecule has 0 radical (unpaired) electrons. The minimum atomic E-state index is -0.409. The maximum absolute atomic E-state index is 14.2. The number of hydrogen-bond donors (Lipinski definition) is 1. The van der Waals surface area contributed by atoms with Crippen molar-refractivity contribution < 1.29 is 14.4 Å². The fourth-order valence-electron chi connectivity index (χ4n) is 6.73. The molecule has 39 heavy (non-hydrogen) atoms. The first-order chi connectivity index (χ1) is 19.1. The first-order valence-electron chi connectivity index (χ1n) is 14.4. The Balaban J connectivity index is 1.30. The molecular weight excluding hydrogens is 488 g/mol. The second kappa shape index (κ2) is 11.2. The summed E-state index contributed by atoms with van der Waals surface area (Å²) in [5.41, 5.74) is 2.92. The number of amides is 3. The van der Waals surface area contributed by atoms with Crippen LogP contribution >= 0.6 is 0 Å². The molecule has 3 atom stereocenters. The van der Waals surface area contributed by atoms with Gasteiger partial charge in [0.2, 0.25) is 11.8 Å². The number of fused-ring (bicyclic) bond motifs is 3. The van der Waals surface area contributed by atoms with Gasteiger partial charge in [0, 0.05) is 49.7 Å². The average molecular weight is 525 g/mol. The number of carbonyl (C=O) groups is 3. The highest BCUT2D eigenvalue weighted by Crippen LogP contribution is 2.38. The molecule has 1 aromatic heterocycles. The van der Waals surface area contributed by atoms with Crippen LogP contribution in [0.1, 0.15) is 60.1 Å². The van der Waals surface area contributed by atoms with Gasteiger partial charge in [-0.05, 0) is 54.7 Å². The van der Waals surface area contributed by atoms with Crippen LogP contribution in [0.25, 0.3) is 10.8 Å². The van der Waals surface area contributed by atoms with Crippen molar-refractivity contribution in [3.8, 4) is 0 Å². The van der Waals surface area contributed by atoms with Crippen molar-refractivity contribution in [2.24, 2.45) is 11.8 Å². The molecule has 1 saturated heterocycles. The molecule has 3 heterocycles. The van der Waals surface area contributed by atoms with E-state index in [2.05, 4.69) is 22.4 Å². The number of rotatable bonds is 2. The Bertz CT molecular complexity index is 1380. The van der Waals surface area contributed by atoms with Crippen LogP contribution in [0.15, 0.2) is 60.8 Å². The van der Waals surface area contributed by atoms with E-state index < -0.39 is 5.92 Å². The van der Waals surface area contributed by atoms with Gasteiger partial charge in [-0.25, -0.2) is 0 Å². The van der Waals surface area contributed by atoms with Crippen molar-refractivity contribution in [1.82, 2.24) is 20.1 Å². The second-order valence-electron chi connectivity index (χ2n) is 11.2. The SMILES string of the molecule is O=C1NCCCCCCN(C(=O)c2nccc3ccccc23)[C@H]2C[C@H](C(=O)N3CCc4ccccc4C3)C[C@@H]12. The summed E-state index contributed by atoms with van der Waals surface area (Å²) in [6.45, 7) is 2.50. The van der Waals surface area contributed by atoms with Crippen molar-refractivity contribution in [2.75, 3.05) is 19.6 Å². The minimum absolute atomic E-state index is 0.0372. The Morgan fingerprint density at radius 2 is 1.67 bits per heavy atom. The number of hydrogen-bond acceptors (Lipinski definition) is 4. The molecule has 7 nitrogen and oxygen atoms in total. The first kappa shape index (κ1) is 25.5. The molecule has 1 aliphatic carbocycles. The number of aromatic nitrogens is 1. The normalized spacial score (nSPS) is 23.9. The summed E-state index contributed by atoms with van der Waals surface area (Å²) >= 11 is 0. The molecule has 2 aliphatic heterocycles. The van der Waals surface area contributed by atoms with Gasteiger partial charge in [-0.2, -0.15) is 0 Å². The molecule has 6 rings (SSSR count). The summed E-state index contributed by atoms with van der Waals surface area (Å²) in [5.74, 6) is -0.769. The van der Waals surface area contributed by atoms with E-state index >= 15 is 0 Å². The van der Waals surface area contributed by atoms with Gasteiger partial charge in [0.15, 0.2) is 0 Å². The molecule has 2 fully saturated rings. The van der Waals surface area contributed by atoms with Gasteiger partial charge in [0.05, 0.1) is 5.92 Å². The van der Waals surface area contributed by atoms with Crippen molar-refractivity contribution in [3.05, 3.63) is 77.6 Å². The zero-order valence-electron chi connectivity index (χ0n) is 22.4. The van der Waals surface area contributed by atoms with E-state index in [1.165, 1.54) is 11.1 Å². The Hall–Kier alpha value is -3.74. The highest BCUT2D eigenvalue weighted by molar-refractivity contribution is 6.05. The quantitative estimate of drug-likeness (QED) is 0.541. The summed E-state index contributed by atoms with van der Waals surface area (Å²) in [4.78, 5) is 49.8. The lowest BCUT2D eigenvalue weighted by atomic mass is 9.97. The lowest BCUT2D eigenvalue weighted by Gasteiger charge is -2.33. The topological polar surface area (TPSA) is 82.6 Å². The van der Waals surface area contributed by atoms with Crippen LogP contribution in [0.5, 0.6) is 0 Å². The third kappa shape index (κ3) is 5.14. The highest BCUT2D eigenvalue weighted by atomic mass is 16.2. The van der Waals surface area contributed by atoms with Crippen LogP contribution in [-0.4, -0.2) is 58.2 Å². The molecule has 0 spiro atoms. The molecule has 3 aliphatic rings. The summed E-state index contributed by atoms with van der Waals surface area (Å²) in [7, 11) is 0. The number of pyridine rings is 1. The zero-order chi connectivity index (χ0) is 26.8. The van der Waals surface area contributed by atoms with Crippen molar-refractivity contribution in [1.29, 1.82) is 0 Å². The van der Waals surface area contributed by atoms with Crippen LogP contribution in [0, 0.1) is 11.8 Å². The van der Waals surface area contributed by atoms with E-state index in [1.54, 1.807) is 6.20 Å². The Kier molecular flexibility index (Phi) is 7.31. The van der Waals surface area contributed by atoms with E-state index in [9.17, 15) is 14.4 Å². The summed E-state index contributed by atoms with van der Waals surface area (Å²) < 4.78 is 0. The van der Waals surface area contributed by atoms with Crippen LogP contribution in [0.2, 0.25) is 0 Å². The van der Waals surface area contributed by atoms with Gasteiger partial charge in [-0.15, -0.1) is 0 Å². The molecule has 202 valence electrons. The van der Waals surface area contributed by atoms with Crippen molar-refractivity contribution >= 4 is 28.5 Å². The maximum Gasteiger partial charge on any atom is 0.273 e. The van der Waals surface area contributed by atoms with E-state index in [0.717, 1.165) is 42.9 Å². The third-order valence-electron chi connectivity index (χ3n) is 8.82. The smallest absolute Gasteiger partial charge is 0.273 e. The fourth-order valence-corrected chi connectivity index (χ4v) is 6.73. The molecule has 1 N–H and O–H groups in total. The first-order valence-corrected chi connectivity index (χ1v) is 14.4. The van der Waals surface area contributed by atoms with Gasteiger partial charge in [0.1, 0.15) is 5.69 Å². The molecule has 1 saturated carbocycles. The van der Waals surface area contributed by atoms with Gasteiger partial charge in [-0.3, -0.25) is 19.4 Å². The molecule has 2 aromatic carbocycles. The molecule has 3 aromatic rings. The lowest BCUT2D eigenvalue weighted by molar-refractivity contribution is -0.136. The zero-order valence-corrected chi connectivity index (χ0v) is 22.4. The van der Waals surface area contributed by atoms with Crippen molar-refractivity contribution in [2.45, 2.75) is 57.5 Å². The van der Waals surface area contributed by atoms with Crippen molar-refractivity contribution in [3.63, 3.8) is 0 Å². The van der Waals surface area contributed by atoms with Crippen LogP contribution in [-0.2, 0) is 22.6 Å². The van der Waals surface area contributed by atoms with E-state index in [4.69, 9.17) is 0 Å². The van der Waals surface area contributed by atoms with E-state index in [0.29, 0.717) is 44.7 Å². The molecule has 7 heteroatoms. The summed E-state index contributed by atoms with van der Waals surface area (Å²) in [6, 6.07) is 17.7. The van der Waals surface area contributed by atoms with E-state index in [1.807, 2.05) is 52.3 Å². The van der Waals surface area contributed by atoms with E-state index in [-0.39, 0.29) is 29.7 Å². The molecule has 0 bridgehead atoms. The average Bonchev–Trinajstić information content (AvgIpc) is 3.41. The monoisotopic (exact) mass is 524 g/mol. The number of carbonyl (C=O) groups excluding carboxylic acids is 3. The predicted octanol–water partition coefficient (Wildman–Crippen LogP) is 4.35. The number of benzene rings is 2. The van der Waals surface area contributed by atoms with Gasteiger partial charge < -0.3 is 15.1 Å². The Morgan fingerprint density at radius 3 is 2.56 bits per heavy atom. The summed E-state index contributed by atoms with van der Waals surface area (Å²) in [6.07, 6.45) is 7.32. The standard InChI is InChI=1S/C32H36N4O3/c37-30-27-19-25(31(38)35-18-14-22-9-3-4-11-24(22)21-35)20-28(27)36(17-8-2-1-7-15-34-30)32(39)29-26-12-6-5-10-23(26)13-16-33-29/h3-6,9-13,16,25,27-28H,1-2,7-8,14-15,17-21H2,(H,34,37)/t25-,27-,28+/m1/s1.